The molecule has 0 unspecified atom stereocenters. The Labute approximate surface area is 161 Å². The molecule has 2 heterocycles. The number of rotatable bonds is 8. The van der Waals surface area contributed by atoms with Crippen molar-refractivity contribution in [3.05, 3.63) is 47.5 Å². The van der Waals surface area contributed by atoms with Crippen molar-refractivity contribution in [1.82, 2.24) is 15.1 Å². The topological polar surface area (TPSA) is 74.6 Å². The predicted octanol–water partition coefficient (Wildman–Crippen LogP) is 3.07. The third-order valence-corrected chi connectivity index (χ3v) is 4.88. The van der Waals surface area contributed by atoms with Crippen LogP contribution in [-0.2, 0) is 6.54 Å². The minimum Gasteiger partial charge on any atom is -0.493 e. The highest BCUT2D eigenvalue weighted by Crippen LogP contribution is 2.39. The van der Waals surface area contributed by atoms with E-state index in [0.29, 0.717) is 35.9 Å². The molecule has 7 nitrogen and oxygen atoms in total. The van der Waals surface area contributed by atoms with Crippen LogP contribution in [0.15, 0.2) is 41.9 Å². The molecule has 0 saturated heterocycles. The average Bonchev–Trinajstić information content (AvgIpc) is 3.38. The highest BCUT2D eigenvalue weighted by Gasteiger charge is 2.20. The summed E-state index contributed by atoms with van der Waals surface area (Å²) in [5.74, 6) is 0.982. The summed E-state index contributed by atoms with van der Waals surface area (Å²) in [6.07, 6.45) is 1.90. The molecule has 27 heavy (non-hydrogen) atoms. The number of benzene rings is 1. The van der Waals surface area contributed by atoms with Crippen LogP contribution in [0.25, 0.3) is 10.6 Å². The molecule has 0 radical (unpaired) electrons. The molecular formula is C19H21N3O4S. The fourth-order valence-electron chi connectivity index (χ4n) is 2.70. The lowest BCUT2D eigenvalue weighted by atomic mass is 10.1. The van der Waals surface area contributed by atoms with E-state index >= 15 is 0 Å². The maximum absolute atomic E-state index is 12.6. The zero-order valence-electron chi connectivity index (χ0n) is 15.4. The molecule has 0 fully saturated rings. The zero-order valence-corrected chi connectivity index (χ0v) is 16.2. The number of nitrogens with zero attached hydrogens (tertiary/aromatic N) is 2. The number of hydrogen-bond acceptors (Lipinski definition) is 6. The maximum atomic E-state index is 12.6. The van der Waals surface area contributed by atoms with Crippen LogP contribution in [0.4, 0.5) is 0 Å². The Bertz CT molecular complexity index is 906. The fourth-order valence-corrected chi connectivity index (χ4v) is 3.39. The SMILES string of the molecule is COc1ccc(C(=O)NCCn2ccc(-c3cccs3)n2)c(OC)c1OC. The van der Waals surface area contributed by atoms with Gasteiger partial charge in [-0.15, -0.1) is 11.3 Å². The average molecular weight is 387 g/mol. The summed E-state index contributed by atoms with van der Waals surface area (Å²) in [6, 6.07) is 9.32. The van der Waals surface area contributed by atoms with E-state index in [0.717, 1.165) is 10.6 Å². The van der Waals surface area contributed by atoms with Crippen molar-refractivity contribution < 1.29 is 19.0 Å². The minimum absolute atomic E-state index is 0.251. The summed E-state index contributed by atoms with van der Waals surface area (Å²) in [5.41, 5.74) is 1.31. The van der Waals surface area contributed by atoms with Crippen LogP contribution in [-0.4, -0.2) is 43.6 Å². The number of thiophene rings is 1. The van der Waals surface area contributed by atoms with Gasteiger partial charge in [-0.1, -0.05) is 6.07 Å². The summed E-state index contributed by atoms with van der Waals surface area (Å²) in [6.45, 7) is 0.995. The van der Waals surface area contributed by atoms with Crippen molar-refractivity contribution in [3.63, 3.8) is 0 Å². The Hall–Kier alpha value is -3.00. The van der Waals surface area contributed by atoms with Crippen molar-refractivity contribution in [2.75, 3.05) is 27.9 Å². The first-order chi connectivity index (χ1) is 13.2. The van der Waals surface area contributed by atoms with Gasteiger partial charge in [-0.2, -0.15) is 5.10 Å². The number of methoxy groups -OCH3 is 3. The first-order valence-electron chi connectivity index (χ1n) is 8.32. The first-order valence-corrected chi connectivity index (χ1v) is 9.20. The summed E-state index contributed by atoms with van der Waals surface area (Å²) in [4.78, 5) is 13.7. The van der Waals surface area contributed by atoms with E-state index in [9.17, 15) is 4.79 Å². The second-order valence-corrected chi connectivity index (χ2v) is 6.53. The van der Waals surface area contributed by atoms with E-state index in [1.54, 1.807) is 28.2 Å². The predicted molar refractivity (Wildman–Crippen MR) is 104 cm³/mol. The molecule has 1 N–H and O–H groups in total. The van der Waals surface area contributed by atoms with Gasteiger partial charge in [0.15, 0.2) is 11.5 Å². The highest BCUT2D eigenvalue weighted by atomic mass is 32.1. The van der Waals surface area contributed by atoms with Crippen molar-refractivity contribution in [1.29, 1.82) is 0 Å². The van der Waals surface area contributed by atoms with Gasteiger partial charge < -0.3 is 19.5 Å². The molecule has 0 saturated carbocycles. The molecule has 0 aliphatic carbocycles. The molecular weight excluding hydrogens is 366 g/mol. The monoisotopic (exact) mass is 387 g/mol. The Morgan fingerprint density at radius 1 is 1.11 bits per heavy atom. The van der Waals surface area contributed by atoms with Gasteiger partial charge in [-0.25, -0.2) is 0 Å². The molecule has 0 atom stereocenters. The van der Waals surface area contributed by atoms with Gasteiger partial charge in [0.2, 0.25) is 5.75 Å². The van der Waals surface area contributed by atoms with Gasteiger partial charge in [0.1, 0.15) is 5.69 Å². The number of ether oxygens (including phenoxy) is 3. The molecule has 142 valence electrons. The smallest absolute Gasteiger partial charge is 0.255 e. The van der Waals surface area contributed by atoms with Crippen LogP contribution >= 0.6 is 11.3 Å². The third-order valence-electron chi connectivity index (χ3n) is 3.99. The number of aromatic nitrogens is 2. The molecule has 0 spiro atoms. The zero-order chi connectivity index (χ0) is 19.2. The maximum Gasteiger partial charge on any atom is 0.255 e. The lowest BCUT2D eigenvalue weighted by Crippen LogP contribution is -2.27. The Balaban J connectivity index is 1.64. The first kappa shape index (κ1) is 18.8. The Morgan fingerprint density at radius 3 is 2.59 bits per heavy atom. The largest absolute Gasteiger partial charge is 0.493 e. The van der Waals surface area contributed by atoms with Gasteiger partial charge >= 0.3 is 0 Å². The highest BCUT2D eigenvalue weighted by molar-refractivity contribution is 7.13. The fraction of sp³-hybridized carbons (Fsp3) is 0.263. The van der Waals surface area contributed by atoms with Gasteiger partial charge in [0, 0.05) is 12.7 Å². The van der Waals surface area contributed by atoms with Gasteiger partial charge in [-0.05, 0) is 29.6 Å². The molecule has 0 aliphatic heterocycles. The van der Waals surface area contributed by atoms with Crippen molar-refractivity contribution in [2.45, 2.75) is 6.54 Å². The number of carbonyl (C=O) groups is 1. The lowest BCUT2D eigenvalue weighted by molar-refractivity contribution is 0.0948. The van der Waals surface area contributed by atoms with Gasteiger partial charge in [0.05, 0.1) is 38.3 Å². The van der Waals surface area contributed by atoms with Crippen LogP contribution in [0, 0.1) is 0 Å². The van der Waals surface area contributed by atoms with E-state index < -0.39 is 0 Å². The molecule has 2 aromatic heterocycles. The van der Waals surface area contributed by atoms with E-state index in [2.05, 4.69) is 10.4 Å². The summed E-state index contributed by atoms with van der Waals surface area (Å²) < 4.78 is 17.7. The molecule has 1 amide bonds. The second-order valence-electron chi connectivity index (χ2n) is 5.58. The number of nitrogens with one attached hydrogen (secondary N) is 1. The normalized spacial score (nSPS) is 10.5. The van der Waals surface area contributed by atoms with Gasteiger partial charge in [-0.3, -0.25) is 9.48 Å². The second kappa shape index (κ2) is 8.59. The van der Waals surface area contributed by atoms with Crippen LogP contribution in [0.3, 0.4) is 0 Å². The van der Waals surface area contributed by atoms with Crippen molar-refractivity contribution >= 4 is 17.2 Å². The summed E-state index contributed by atoms with van der Waals surface area (Å²) >= 11 is 1.64. The standard InChI is InChI=1S/C19H21N3O4S/c1-24-15-7-6-13(17(25-2)18(15)26-3)19(23)20-9-11-22-10-8-14(21-22)16-5-4-12-27-16/h4-8,10,12H,9,11H2,1-3H3,(H,20,23). The quantitative estimate of drug-likeness (QED) is 0.643. The Kier molecular flexibility index (Phi) is 5.97. The van der Waals surface area contributed by atoms with Crippen LogP contribution in [0.1, 0.15) is 10.4 Å². The van der Waals surface area contributed by atoms with E-state index in [4.69, 9.17) is 14.2 Å². The van der Waals surface area contributed by atoms with E-state index in [1.165, 1.54) is 21.3 Å². The Morgan fingerprint density at radius 2 is 1.93 bits per heavy atom. The third kappa shape index (κ3) is 4.06. The molecule has 0 bridgehead atoms. The van der Waals surface area contributed by atoms with Gasteiger partial charge in [0.25, 0.3) is 5.91 Å². The van der Waals surface area contributed by atoms with Crippen molar-refractivity contribution in [3.8, 4) is 27.8 Å². The summed E-state index contributed by atoms with van der Waals surface area (Å²) in [5, 5.41) is 9.42. The van der Waals surface area contributed by atoms with Crippen LogP contribution in [0.2, 0.25) is 0 Å². The van der Waals surface area contributed by atoms with E-state index in [1.807, 2.05) is 29.8 Å². The summed E-state index contributed by atoms with van der Waals surface area (Å²) in [7, 11) is 4.53. The number of hydrogen-bond donors (Lipinski definition) is 1. The van der Waals surface area contributed by atoms with Crippen molar-refractivity contribution in [2.24, 2.45) is 0 Å². The molecule has 3 aromatic rings. The number of amides is 1. The number of carbonyl (C=O) groups excluding carboxylic acids is 1. The van der Waals surface area contributed by atoms with Crippen LogP contribution < -0.4 is 19.5 Å². The molecule has 8 heteroatoms. The molecule has 1 aromatic carbocycles. The molecule has 3 rings (SSSR count). The lowest BCUT2D eigenvalue weighted by Gasteiger charge is -2.15. The van der Waals surface area contributed by atoms with E-state index in [-0.39, 0.29) is 5.91 Å². The minimum atomic E-state index is -0.251. The van der Waals surface area contributed by atoms with Crippen LogP contribution in [0.5, 0.6) is 17.2 Å². The molecule has 0 aliphatic rings.